The molecule has 0 unspecified atom stereocenters. The molecular weight excluding hydrogens is 270 g/mol. The van der Waals surface area contributed by atoms with Crippen LogP contribution in [-0.4, -0.2) is 18.4 Å². The monoisotopic (exact) mass is 293 g/mol. The van der Waals surface area contributed by atoms with Crippen molar-refractivity contribution in [2.45, 2.75) is 51.7 Å². The number of thiol groups is 1. The second kappa shape index (κ2) is 6.64. The summed E-state index contributed by atoms with van der Waals surface area (Å²) in [5.74, 6) is 0.925. The van der Waals surface area contributed by atoms with Crippen molar-refractivity contribution in [3.63, 3.8) is 0 Å². The number of benzene rings is 1. The first-order valence-corrected chi connectivity index (χ1v) is 7.59. The molecule has 0 radical (unpaired) electrons. The van der Waals surface area contributed by atoms with Crippen molar-refractivity contribution in [3.05, 3.63) is 29.8 Å². The number of carbonyl (C=O) groups is 1. The summed E-state index contributed by atoms with van der Waals surface area (Å²) >= 11 is 4.06. The zero-order chi connectivity index (χ0) is 14.6. The van der Waals surface area contributed by atoms with Crippen molar-refractivity contribution >= 4 is 19.1 Å². The van der Waals surface area contributed by atoms with Gasteiger partial charge in [-0.3, -0.25) is 4.72 Å². The van der Waals surface area contributed by atoms with Crippen LogP contribution < -0.4 is 9.46 Å². The van der Waals surface area contributed by atoms with E-state index in [0.29, 0.717) is 12.1 Å². The first kappa shape index (κ1) is 15.4. The number of hydrogen-bond donors (Lipinski definition) is 2. The molecule has 0 amide bonds. The number of hydrogen-bond acceptors (Lipinski definition) is 4. The average molecular weight is 293 g/mol. The van der Waals surface area contributed by atoms with Crippen LogP contribution in [0.4, 0.5) is 0 Å². The summed E-state index contributed by atoms with van der Waals surface area (Å²) in [7, 11) is 0. The summed E-state index contributed by atoms with van der Waals surface area (Å²) in [6.45, 7) is 3.94. The predicted molar refractivity (Wildman–Crippen MR) is 84.2 cm³/mol. The van der Waals surface area contributed by atoms with Crippen molar-refractivity contribution in [3.8, 4) is 5.75 Å². The molecule has 0 aliphatic heterocycles. The van der Waals surface area contributed by atoms with E-state index >= 15 is 0 Å². The second-order valence-corrected chi connectivity index (χ2v) is 6.55. The van der Waals surface area contributed by atoms with Crippen LogP contribution in [0.3, 0.4) is 0 Å². The van der Waals surface area contributed by atoms with Crippen LogP contribution in [0.15, 0.2) is 24.3 Å². The van der Waals surface area contributed by atoms with Crippen LogP contribution in [0, 0.1) is 5.41 Å². The van der Waals surface area contributed by atoms with E-state index in [4.69, 9.17) is 4.74 Å². The van der Waals surface area contributed by atoms with Gasteiger partial charge < -0.3 is 9.53 Å². The van der Waals surface area contributed by atoms with E-state index in [0.717, 1.165) is 37.7 Å². The Labute approximate surface area is 126 Å². The third kappa shape index (κ3) is 4.25. The molecule has 0 atom stereocenters. The maximum absolute atomic E-state index is 10.9. The van der Waals surface area contributed by atoms with Crippen molar-refractivity contribution in [2.75, 3.05) is 0 Å². The molecule has 1 fully saturated rings. The molecule has 2 rings (SSSR count). The fraction of sp³-hybridized carbons (Fsp3) is 0.562. The quantitative estimate of drug-likeness (QED) is 0.599. The molecule has 0 heterocycles. The highest BCUT2D eigenvalue weighted by Crippen LogP contribution is 2.27. The minimum Gasteiger partial charge on any atom is -0.490 e. The van der Waals surface area contributed by atoms with Gasteiger partial charge in [0.05, 0.1) is 0 Å². The minimum absolute atomic E-state index is 0.254. The van der Waals surface area contributed by atoms with E-state index in [1.807, 2.05) is 26.0 Å². The number of aldehydes is 1. The standard InChI is InChI=1S/C16H23NO2S/c1-16(2,11-18)7-6-12-4-3-5-14(8-12)19-15-9-13(10-15)17-20/h3-5,8,11,13,15,17,20H,6-7,9-10H2,1-2H3. The first-order valence-electron chi connectivity index (χ1n) is 7.14. The van der Waals surface area contributed by atoms with Gasteiger partial charge in [0.1, 0.15) is 18.1 Å². The smallest absolute Gasteiger partial charge is 0.125 e. The lowest BCUT2D eigenvalue weighted by Crippen LogP contribution is -2.43. The first-order chi connectivity index (χ1) is 9.52. The van der Waals surface area contributed by atoms with E-state index in [1.54, 1.807) is 0 Å². The molecule has 3 nitrogen and oxygen atoms in total. The normalized spacial score (nSPS) is 22.1. The van der Waals surface area contributed by atoms with Gasteiger partial charge in [0.15, 0.2) is 0 Å². The average Bonchev–Trinajstić information content (AvgIpc) is 2.41. The summed E-state index contributed by atoms with van der Waals surface area (Å²) in [6, 6.07) is 8.66. The van der Waals surface area contributed by atoms with Gasteiger partial charge in [-0.05, 0) is 30.5 Å². The largest absolute Gasteiger partial charge is 0.490 e. The van der Waals surface area contributed by atoms with Crippen molar-refractivity contribution in [1.29, 1.82) is 0 Å². The summed E-state index contributed by atoms with van der Waals surface area (Å²) in [6.07, 6.45) is 5.09. The van der Waals surface area contributed by atoms with E-state index in [1.165, 1.54) is 5.56 Å². The maximum atomic E-state index is 10.9. The Hall–Kier alpha value is -1.00. The Morgan fingerprint density at radius 3 is 2.85 bits per heavy atom. The van der Waals surface area contributed by atoms with Gasteiger partial charge >= 0.3 is 0 Å². The lowest BCUT2D eigenvalue weighted by Gasteiger charge is -2.34. The molecule has 0 aromatic heterocycles. The van der Waals surface area contributed by atoms with E-state index in [9.17, 15) is 4.79 Å². The summed E-state index contributed by atoms with van der Waals surface area (Å²) in [5.41, 5.74) is 0.969. The number of ether oxygens (including phenoxy) is 1. The van der Waals surface area contributed by atoms with E-state index < -0.39 is 0 Å². The molecule has 1 saturated carbocycles. The molecule has 1 aromatic rings. The van der Waals surface area contributed by atoms with Crippen LogP contribution >= 0.6 is 12.8 Å². The molecular formula is C16H23NO2S. The highest BCUT2D eigenvalue weighted by atomic mass is 32.1. The van der Waals surface area contributed by atoms with Crippen LogP contribution in [0.2, 0.25) is 0 Å². The summed E-state index contributed by atoms with van der Waals surface area (Å²) < 4.78 is 8.89. The Kier molecular flexibility index (Phi) is 5.11. The molecule has 0 bridgehead atoms. The SMILES string of the molecule is CC(C)(C=O)CCc1cccc(OC2CC(NS)C2)c1. The highest BCUT2D eigenvalue weighted by molar-refractivity contribution is 7.78. The topological polar surface area (TPSA) is 38.3 Å². The maximum Gasteiger partial charge on any atom is 0.125 e. The van der Waals surface area contributed by atoms with Gasteiger partial charge in [0.2, 0.25) is 0 Å². The lowest BCUT2D eigenvalue weighted by molar-refractivity contribution is -0.114. The molecule has 4 heteroatoms. The van der Waals surface area contributed by atoms with Gasteiger partial charge in [-0.25, -0.2) is 0 Å². The third-order valence-corrected chi connectivity index (χ3v) is 4.22. The van der Waals surface area contributed by atoms with Crippen LogP contribution in [0.25, 0.3) is 0 Å². The Bertz CT molecular complexity index is 456. The molecule has 1 aliphatic rings. The Morgan fingerprint density at radius 2 is 2.20 bits per heavy atom. The molecule has 1 N–H and O–H groups in total. The van der Waals surface area contributed by atoms with Crippen molar-refractivity contribution in [1.82, 2.24) is 4.72 Å². The van der Waals surface area contributed by atoms with Gasteiger partial charge in [0, 0.05) is 24.3 Å². The predicted octanol–water partition coefficient (Wildman–Crippen LogP) is 3.19. The number of rotatable bonds is 7. The molecule has 1 aliphatic carbocycles. The molecule has 20 heavy (non-hydrogen) atoms. The molecule has 0 saturated heterocycles. The zero-order valence-electron chi connectivity index (χ0n) is 12.1. The van der Waals surface area contributed by atoms with Crippen LogP contribution in [-0.2, 0) is 11.2 Å². The molecule has 0 spiro atoms. The van der Waals surface area contributed by atoms with Gasteiger partial charge in [-0.15, -0.1) is 0 Å². The summed E-state index contributed by atoms with van der Waals surface area (Å²) in [5, 5.41) is 0. The van der Waals surface area contributed by atoms with E-state index in [-0.39, 0.29) is 5.41 Å². The summed E-state index contributed by atoms with van der Waals surface area (Å²) in [4.78, 5) is 10.9. The van der Waals surface area contributed by atoms with Gasteiger partial charge in [-0.2, -0.15) is 0 Å². The third-order valence-electron chi connectivity index (χ3n) is 3.86. The van der Waals surface area contributed by atoms with Gasteiger partial charge in [0.25, 0.3) is 0 Å². The lowest BCUT2D eigenvalue weighted by atomic mass is 9.88. The van der Waals surface area contributed by atoms with Crippen LogP contribution in [0.1, 0.15) is 38.7 Å². The number of carbonyl (C=O) groups excluding carboxylic acids is 1. The highest BCUT2D eigenvalue weighted by Gasteiger charge is 2.29. The Balaban J connectivity index is 1.86. The number of aryl methyl sites for hydroxylation is 1. The molecule has 110 valence electrons. The van der Waals surface area contributed by atoms with Gasteiger partial charge in [-0.1, -0.05) is 38.8 Å². The minimum atomic E-state index is -0.254. The van der Waals surface area contributed by atoms with Crippen molar-refractivity contribution in [2.24, 2.45) is 5.41 Å². The second-order valence-electron chi connectivity index (χ2n) is 6.29. The zero-order valence-corrected chi connectivity index (χ0v) is 13.0. The van der Waals surface area contributed by atoms with Crippen molar-refractivity contribution < 1.29 is 9.53 Å². The molecule has 1 aromatic carbocycles. The van der Waals surface area contributed by atoms with Crippen LogP contribution in [0.5, 0.6) is 5.75 Å². The number of nitrogens with one attached hydrogen (secondary N) is 1. The fourth-order valence-corrected chi connectivity index (χ4v) is 2.47. The Morgan fingerprint density at radius 1 is 1.45 bits per heavy atom. The fourth-order valence-electron chi connectivity index (χ4n) is 2.26. The van der Waals surface area contributed by atoms with E-state index in [2.05, 4.69) is 29.7 Å².